The lowest BCUT2D eigenvalue weighted by molar-refractivity contribution is -0.0367. The lowest BCUT2D eigenvalue weighted by Gasteiger charge is -2.26. The molecule has 1 aliphatic rings. The highest BCUT2D eigenvalue weighted by Gasteiger charge is 2.20. The van der Waals surface area contributed by atoms with E-state index < -0.39 is 0 Å². The van der Waals surface area contributed by atoms with E-state index in [2.05, 4.69) is 12.2 Å². The van der Waals surface area contributed by atoms with Crippen molar-refractivity contribution in [2.75, 3.05) is 13.2 Å². The van der Waals surface area contributed by atoms with Crippen LogP contribution in [-0.2, 0) is 4.74 Å². The molecule has 1 fully saturated rings. The molecule has 1 N–H and O–H groups in total. The molecular formula is C9H14ClNO2. The summed E-state index contributed by atoms with van der Waals surface area (Å²) in [5.74, 6) is 1.46. The van der Waals surface area contributed by atoms with Crippen molar-refractivity contribution < 1.29 is 9.15 Å². The molecule has 0 amide bonds. The molecule has 4 heteroatoms. The van der Waals surface area contributed by atoms with Crippen molar-refractivity contribution in [3.8, 4) is 0 Å². The standard InChI is InChI=1S/C9H13NO2.ClH/c1-7-5-10-9(12-6-7)8-3-2-4-11-8;/h2-4,7,9-10H,5-6H2,1H3;1H. The molecular weight excluding hydrogens is 190 g/mol. The Kier molecular flexibility index (Phi) is 3.78. The fourth-order valence-electron chi connectivity index (χ4n) is 1.31. The Morgan fingerprint density at radius 1 is 1.54 bits per heavy atom. The summed E-state index contributed by atoms with van der Waals surface area (Å²) in [6.45, 7) is 3.95. The van der Waals surface area contributed by atoms with Crippen LogP contribution in [0.3, 0.4) is 0 Å². The first-order valence-electron chi connectivity index (χ1n) is 4.24. The van der Waals surface area contributed by atoms with Gasteiger partial charge in [0.1, 0.15) is 5.76 Å². The van der Waals surface area contributed by atoms with Crippen LogP contribution < -0.4 is 5.32 Å². The van der Waals surface area contributed by atoms with Crippen molar-refractivity contribution in [1.29, 1.82) is 0 Å². The van der Waals surface area contributed by atoms with E-state index in [-0.39, 0.29) is 18.6 Å². The average Bonchev–Trinajstić information content (AvgIpc) is 2.58. The number of hydrogen-bond acceptors (Lipinski definition) is 3. The lowest BCUT2D eigenvalue weighted by Crippen LogP contribution is -2.36. The molecule has 74 valence electrons. The van der Waals surface area contributed by atoms with Gasteiger partial charge in [0.25, 0.3) is 0 Å². The van der Waals surface area contributed by atoms with Gasteiger partial charge in [-0.1, -0.05) is 6.92 Å². The number of nitrogens with one attached hydrogen (secondary N) is 1. The SMILES string of the molecule is CC1CNC(c2ccco2)OC1.Cl. The molecule has 0 aliphatic carbocycles. The Bertz CT molecular complexity index is 230. The molecule has 1 saturated heterocycles. The van der Waals surface area contributed by atoms with E-state index >= 15 is 0 Å². The molecule has 2 unspecified atom stereocenters. The van der Waals surface area contributed by atoms with Gasteiger partial charge in [-0.2, -0.15) is 0 Å². The fourth-order valence-corrected chi connectivity index (χ4v) is 1.31. The molecule has 2 heterocycles. The summed E-state index contributed by atoms with van der Waals surface area (Å²) >= 11 is 0. The predicted octanol–water partition coefficient (Wildman–Crippen LogP) is 1.96. The van der Waals surface area contributed by atoms with Crippen molar-refractivity contribution >= 4 is 12.4 Å². The van der Waals surface area contributed by atoms with E-state index in [1.807, 2.05) is 12.1 Å². The summed E-state index contributed by atoms with van der Waals surface area (Å²) in [5.41, 5.74) is 0. The third-order valence-electron chi connectivity index (χ3n) is 2.00. The van der Waals surface area contributed by atoms with Crippen molar-refractivity contribution in [3.05, 3.63) is 24.2 Å². The zero-order valence-electron chi connectivity index (χ0n) is 7.53. The molecule has 3 nitrogen and oxygen atoms in total. The molecule has 0 aromatic carbocycles. The first-order chi connectivity index (χ1) is 5.86. The maximum atomic E-state index is 5.53. The second-order valence-corrected chi connectivity index (χ2v) is 3.24. The Balaban J connectivity index is 0.000000845. The minimum Gasteiger partial charge on any atom is -0.465 e. The van der Waals surface area contributed by atoms with Gasteiger partial charge in [-0.05, 0) is 18.1 Å². The summed E-state index contributed by atoms with van der Waals surface area (Å²) in [4.78, 5) is 0. The molecule has 2 atom stereocenters. The smallest absolute Gasteiger partial charge is 0.167 e. The van der Waals surface area contributed by atoms with E-state index in [0.29, 0.717) is 5.92 Å². The zero-order chi connectivity index (χ0) is 8.39. The molecule has 1 aliphatic heterocycles. The molecule has 13 heavy (non-hydrogen) atoms. The monoisotopic (exact) mass is 203 g/mol. The predicted molar refractivity (Wildman–Crippen MR) is 51.8 cm³/mol. The number of halogens is 1. The Hall–Kier alpha value is -0.510. The Morgan fingerprint density at radius 3 is 2.92 bits per heavy atom. The van der Waals surface area contributed by atoms with Gasteiger partial charge in [-0.3, -0.25) is 5.32 Å². The van der Waals surface area contributed by atoms with E-state index in [4.69, 9.17) is 9.15 Å². The maximum Gasteiger partial charge on any atom is 0.167 e. The minimum absolute atomic E-state index is 0. The molecule has 0 spiro atoms. The van der Waals surface area contributed by atoms with Crippen LogP contribution in [0.25, 0.3) is 0 Å². The third kappa shape index (κ3) is 2.46. The van der Waals surface area contributed by atoms with E-state index in [9.17, 15) is 0 Å². The van der Waals surface area contributed by atoms with E-state index in [0.717, 1.165) is 18.9 Å². The molecule has 0 bridgehead atoms. The molecule has 2 rings (SSSR count). The number of rotatable bonds is 1. The van der Waals surface area contributed by atoms with Crippen LogP contribution in [0, 0.1) is 5.92 Å². The van der Waals surface area contributed by atoms with Gasteiger partial charge in [0.15, 0.2) is 6.23 Å². The highest BCUT2D eigenvalue weighted by atomic mass is 35.5. The van der Waals surface area contributed by atoms with E-state index in [1.165, 1.54) is 0 Å². The second kappa shape index (κ2) is 4.65. The summed E-state index contributed by atoms with van der Waals surface area (Å²) in [6.07, 6.45) is 1.62. The Morgan fingerprint density at radius 2 is 2.38 bits per heavy atom. The largest absolute Gasteiger partial charge is 0.465 e. The van der Waals surface area contributed by atoms with Crippen LogP contribution in [0.5, 0.6) is 0 Å². The van der Waals surface area contributed by atoms with Gasteiger partial charge < -0.3 is 9.15 Å². The van der Waals surface area contributed by atoms with Crippen LogP contribution in [0.4, 0.5) is 0 Å². The highest BCUT2D eigenvalue weighted by molar-refractivity contribution is 5.85. The Labute approximate surface area is 83.9 Å². The molecule has 1 aromatic heterocycles. The van der Waals surface area contributed by atoms with Crippen molar-refractivity contribution in [1.82, 2.24) is 5.32 Å². The number of furan rings is 1. The van der Waals surface area contributed by atoms with Gasteiger partial charge in [-0.25, -0.2) is 0 Å². The number of hydrogen-bond donors (Lipinski definition) is 1. The van der Waals surface area contributed by atoms with Gasteiger partial charge in [0, 0.05) is 6.54 Å². The van der Waals surface area contributed by atoms with Crippen molar-refractivity contribution in [3.63, 3.8) is 0 Å². The average molecular weight is 204 g/mol. The normalized spacial score (nSPS) is 28.1. The highest BCUT2D eigenvalue weighted by Crippen LogP contribution is 2.19. The van der Waals surface area contributed by atoms with Crippen LogP contribution in [0.2, 0.25) is 0 Å². The fraction of sp³-hybridized carbons (Fsp3) is 0.556. The van der Waals surface area contributed by atoms with Crippen LogP contribution >= 0.6 is 12.4 Å². The topological polar surface area (TPSA) is 34.4 Å². The molecule has 0 radical (unpaired) electrons. The van der Waals surface area contributed by atoms with Crippen LogP contribution in [0.15, 0.2) is 22.8 Å². The quantitative estimate of drug-likeness (QED) is 0.758. The summed E-state index contributed by atoms with van der Waals surface area (Å²) < 4.78 is 10.8. The first-order valence-corrected chi connectivity index (χ1v) is 4.24. The summed E-state index contributed by atoms with van der Waals surface area (Å²) in [7, 11) is 0. The van der Waals surface area contributed by atoms with Gasteiger partial charge >= 0.3 is 0 Å². The van der Waals surface area contributed by atoms with Crippen molar-refractivity contribution in [2.45, 2.75) is 13.2 Å². The van der Waals surface area contributed by atoms with Crippen LogP contribution in [-0.4, -0.2) is 13.2 Å². The maximum absolute atomic E-state index is 5.53. The first kappa shape index (κ1) is 10.6. The van der Waals surface area contributed by atoms with Crippen LogP contribution in [0.1, 0.15) is 18.9 Å². The molecule has 0 saturated carbocycles. The van der Waals surface area contributed by atoms with Crippen molar-refractivity contribution in [2.24, 2.45) is 5.92 Å². The summed E-state index contributed by atoms with van der Waals surface area (Å²) in [5, 5.41) is 3.26. The van der Waals surface area contributed by atoms with Gasteiger partial charge in [0.2, 0.25) is 0 Å². The van der Waals surface area contributed by atoms with Gasteiger partial charge in [-0.15, -0.1) is 12.4 Å². The number of ether oxygens (including phenoxy) is 1. The second-order valence-electron chi connectivity index (χ2n) is 3.24. The van der Waals surface area contributed by atoms with Gasteiger partial charge in [0.05, 0.1) is 12.9 Å². The van der Waals surface area contributed by atoms with E-state index in [1.54, 1.807) is 6.26 Å². The third-order valence-corrected chi connectivity index (χ3v) is 2.00. The summed E-state index contributed by atoms with van der Waals surface area (Å²) in [6, 6.07) is 3.80. The minimum atomic E-state index is -0.0452. The lowest BCUT2D eigenvalue weighted by atomic mass is 10.1. The zero-order valence-corrected chi connectivity index (χ0v) is 8.34. The molecule has 1 aromatic rings.